The molecule has 2 rings (SSSR count). The number of carbonyl (C=O) groups is 1. The van der Waals surface area contributed by atoms with Crippen LogP contribution in [-0.4, -0.2) is 40.7 Å². The fourth-order valence-corrected chi connectivity index (χ4v) is 2.37. The number of aromatic nitrogens is 2. The van der Waals surface area contributed by atoms with Gasteiger partial charge in [-0.1, -0.05) is 44.2 Å². The number of likely N-dealkylation sites (N-methyl/N-ethyl adjacent to an activating group) is 1. The number of rotatable bonds is 6. The second-order valence-corrected chi connectivity index (χ2v) is 6.70. The summed E-state index contributed by atoms with van der Waals surface area (Å²) in [6.45, 7) is 4.91. The molecule has 1 amide bonds. The normalized spacial score (nSPS) is 11.3. The Bertz CT molecular complexity index is 753. The Morgan fingerprint density at radius 3 is 2.50 bits per heavy atom. The van der Waals surface area contributed by atoms with Gasteiger partial charge in [0.05, 0.1) is 5.69 Å². The lowest BCUT2D eigenvalue weighted by Gasteiger charge is -2.29. The molecule has 1 heterocycles. The molecule has 0 radical (unpaired) electrons. The van der Waals surface area contributed by atoms with Gasteiger partial charge in [-0.25, -0.2) is 4.68 Å². The summed E-state index contributed by atoms with van der Waals surface area (Å²) in [5.41, 5.74) is 6.80. The van der Waals surface area contributed by atoms with Crippen LogP contribution in [0.25, 0.3) is 11.3 Å². The van der Waals surface area contributed by atoms with Gasteiger partial charge in [0.15, 0.2) is 0 Å². The van der Waals surface area contributed by atoms with Gasteiger partial charge in [0.2, 0.25) is 5.91 Å². The predicted octanol–water partition coefficient (Wildman–Crippen LogP) is 1.35. The van der Waals surface area contributed by atoms with Gasteiger partial charge in [-0.15, -0.1) is 0 Å². The molecule has 128 valence electrons. The number of amides is 1. The Hall–Kier alpha value is -2.47. The van der Waals surface area contributed by atoms with Crippen molar-refractivity contribution in [2.75, 3.05) is 20.1 Å². The first-order valence-corrected chi connectivity index (χ1v) is 7.90. The zero-order valence-electron chi connectivity index (χ0n) is 14.4. The molecule has 6 nitrogen and oxygen atoms in total. The maximum Gasteiger partial charge on any atom is 0.267 e. The first-order chi connectivity index (χ1) is 11.3. The van der Waals surface area contributed by atoms with E-state index >= 15 is 0 Å². The van der Waals surface area contributed by atoms with Crippen molar-refractivity contribution in [2.24, 2.45) is 11.1 Å². The van der Waals surface area contributed by atoms with Crippen molar-refractivity contribution >= 4 is 5.91 Å². The lowest BCUT2D eigenvalue weighted by molar-refractivity contribution is -0.132. The van der Waals surface area contributed by atoms with Gasteiger partial charge in [0.25, 0.3) is 5.56 Å². The molecule has 0 aliphatic rings. The third-order valence-corrected chi connectivity index (χ3v) is 3.86. The highest BCUT2D eigenvalue weighted by atomic mass is 16.2. The SMILES string of the molecule is CN(CC(C)(C)CN)C(=O)Cn1nc(-c2ccccc2)ccc1=O. The van der Waals surface area contributed by atoms with E-state index in [0.29, 0.717) is 18.8 Å². The largest absolute Gasteiger partial charge is 0.344 e. The van der Waals surface area contributed by atoms with E-state index in [1.54, 1.807) is 18.0 Å². The van der Waals surface area contributed by atoms with Crippen molar-refractivity contribution in [1.82, 2.24) is 14.7 Å². The first kappa shape index (κ1) is 17.9. The van der Waals surface area contributed by atoms with Gasteiger partial charge in [-0.2, -0.15) is 5.10 Å². The molecule has 0 saturated carbocycles. The molecule has 0 saturated heterocycles. The number of hydrogen-bond acceptors (Lipinski definition) is 4. The van der Waals surface area contributed by atoms with Crippen LogP contribution in [0.4, 0.5) is 0 Å². The molecule has 1 aromatic carbocycles. The summed E-state index contributed by atoms with van der Waals surface area (Å²) in [7, 11) is 1.71. The standard InChI is InChI=1S/C18H24N4O2/c1-18(2,12-19)13-21(3)17(24)11-22-16(23)10-9-15(20-22)14-7-5-4-6-8-14/h4-10H,11-13,19H2,1-3H3. The van der Waals surface area contributed by atoms with Crippen LogP contribution in [0.2, 0.25) is 0 Å². The Morgan fingerprint density at radius 2 is 1.88 bits per heavy atom. The topological polar surface area (TPSA) is 81.2 Å². The average molecular weight is 328 g/mol. The molecule has 0 spiro atoms. The monoisotopic (exact) mass is 328 g/mol. The van der Waals surface area contributed by atoms with Crippen LogP contribution in [0.1, 0.15) is 13.8 Å². The van der Waals surface area contributed by atoms with Crippen LogP contribution >= 0.6 is 0 Å². The molecular formula is C18H24N4O2. The van der Waals surface area contributed by atoms with Crippen molar-refractivity contribution in [2.45, 2.75) is 20.4 Å². The van der Waals surface area contributed by atoms with Gasteiger partial charge >= 0.3 is 0 Å². The van der Waals surface area contributed by atoms with E-state index in [4.69, 9.17) is 5.73 Å². The Labute approximate surface area is 141 Å². The van der Waals surface area contributed by atoms with E-state index in [-0.39, 0.29) is 23.4 Å². The van der Waals surface area contributed by atoms with Crippen molar-refractivity contribution in [3.63, 3.8) is 0 Å². The molecule has 0 bridgehead atoms. The highest BCUT2D eigenvalue weighted by Crippen LogP contribution is 2.15. The number of hydrogen-bond donors (Lipinski definition) is 1. The Balaban J connectivity index is 2.17. The van der Waals surface area contributed by atoms with Gasteiger partial charge in [-0.05, 0) is 18.0 Å². The Kier molecular flexibility index (Phi) is 5.51. The van der Waals surface area contributed by atoms with Gasteiger partial charge < -0.3 is 10.6 Å². The van der Waals surface area contributed by atoms with Crippen LogP contribution in [0, 0.1) is 5.41 Å². The summed E-state index contributed by atoms with van der Waals surface area (Å²) in [5.74, 6) is -0.170. The maximum absolute atomic E-state index is 12.4. The number of nitrogens with zero attached hydrogens (tertiary/aromatic N) is 3. The minimum absolute atomic E-state index is 0.0866. The minimum Gasteiger partial charge on any atom is -0.344 e. The third kappa shape index (κ3) is 4.52. The van der Waals surface area contributed by atoms with Crippen LogP contribution in [-0.2, 0) is 11.3 Å². The minimum atomic E-state index is -0.297. The van der Waals surface area contributed by atoms with Crippen molar-refractivity contribution < 1.29 is 4.79 Å². The zero-order chi connectivity index (χ0) is 17.7. The fourth-order valence-electron chi connectivity index (χ4n) is 2.37. The van der Waals surface area contributed by atoms with Gasteiger partial charge in [0, 0.05) is 25.2 Å². The molecule has 2 aromatic rings. The molecule has 0 unspecified atom stereocenters. The predicted molar refractivity (Wildman–Crippen MR) is 94.4 cm³/mol. The second kappa shape index (κ2) is 7.40. The van der Waals surface area contributed by atoms with E-state index in [2.05, 4.69) is 5.10 Å². The number of nitrogens with two attached hydrogens (primary N) is 1. The summed E-state index contributed by atoms with van der Waals surface area (Å²) in [6, 6.07) is 12.6. The lowest BCUT2D eigenvalue weighted by atomic mass is 9.93. The van der Waals surface area contributed by atoms with E-state index in [1.807, 2.05) is 44.2 Å². The molecule has 6 heteroatoms. The summed E-state index contributed by atoms with van der Waals surface area (Å²) < 4.78 is 1.20. The molecule has 0 aliphatic carbocycles. The van der Waals surface area contributed by atoms with E-state index in [0.717, 1.165) is 5.56 Å². The fraction of sp³-hybridized carbons (Fsp3) is 0.389. The third-order valence-electron chi connectivity index (χ3n) is 3.86. The first-order valence-electron chi connectivity index (χ1n) is 7.90. The molecule has 1 aromatic heterocycles. The van der Waals surface area contributed by atoms with Gasteiger partial charge in [-0.3, -0.25) is 9.59 Å². The molecule has 2 N–H and O–H groups in total. The van der Waals surface area contributed by atoms with E-state index in [1.165, 1.54) is 10.7 Å². The Morgan fingerprint density at radius 1 is 1.21 bits per heavy atom. The van der Waals surface area contributed by atoms with Crippen molar-refractivity contribution in [1.29, 1.82) is 0 Å². The highest BCUT2D eigenvalue weighted by molar-refractivity contribution is 5.75. The number of carbonyl (C=O) groups excluding carboxylic acids is 1. The molecule has 0 fully saturated rings. The summed E-state index contributed by atoms with van der Waals surface area (Å²) >= 11 is 0. The van der Waals surface area contributed by atoms with Crippen LogP contribution in [0.3, 0.4) is 0 Å². The van der Waals surface area contributed by atoms with Crippen molar-refractivity contribution in [3.05, 3.63) is 52.8 Å². The van der Waals surface area contributed by atoms with E-state index in [9.17, 15) is 9.59 Å². The lowest BCUT2D eigenvalue weighted by Crippen LogP contribution is -2.42. The van der Waals surface area contributed by atoms with E-state index < -0.39 is 0 Å². The number of benzene rings is 1. The van der Waals surface area contributed by atoms with Crippen molar-refractivity contribution in [3.8, 4) is 11.3 Å². The second-order valence-electron chi connectivity index (χ2n) is 6.70. The summed E-state index contributed by atoms with van der Waals surface area (Å²) in [5, 5.41) is 4.31. The van der Waals surface area contributed by atoms with Crippen LogP contribution in [0.5, 0.6) is 0 Å². The quantitative estimate of drug-likeness (QED) is 0.868. The van der Waals surface area contributed by atoms with Gasteiger partial charge in [0.1, 0.15) is 6.54 Å². The molecule has 0 atom stereocenters. The molecule has 0 aliphatic heterocycles. The maximum atomic E-state index is 12.4. The van der Waals surface area contributed by atoms with Crippen LogP contribution in [0.15, 0.2) is 47.3 Å². The summed E-state index contributed by atoms with van der Waals surface area (Å²) in [4.78, 5) is 26.0. The zero-order valence-corrected chi connectivity index (χ0v) is 14.4. The summed E-state index contributed by atoms with van der Waals surface area (Å²) in [6.07, 6.45) is 0. The molecule has 24 heavy (non-hydrogen) atoms. The highest BCUT2D eigenvalue weighted by Gasteiger charge is 2.21. The smallest absolute Gasteiger partial charge is 0.267 e. The average Bonchev–Trinajstić information content (AvgIpc) is 2.57. The van der Waals surface area contributed by atoms with Crippen LogP contribution < -0.4 is 11.3 Å². The molecular weight excluding hydrogens is 304 g/mol.